The highest BCUT2D eigenvalue weighted by Gasteiger charge is 2.21. The van der Waals surface area contributed by atoms with Gasteiger partial charge in [-0.15, -0.1) is 0 Å². The van der Waals surface area contributed by atoms with Crippen molar-refractivity contribution >= 4 is 28.6 Å². The van der Waals surface area contributed by atoms with Gasteiger partial charge in [-0.25, -0.2) is 4.39 Å². The van der Waals surface area contributed by atoms with Crippen LogP contribution in [0.1, 0.15) is 23.1 Å². The van der Waals surface area contributed by atoms with Crippen molar-refractivity contribution in [3.8, 4) is 0 Å². The largest absolute Gasteiger partial charge is 0.389 e. The number of hydrogen-bond donors (Lipinski definition) is 1. The summed E-state index contributed by atoms with van der Waals surface area (Å²) in [5, 5.41) is 0. The number of aryl methyl sites for hydroxylation is 2. The molecule has 0 radical (unpaired) electrons. The molecule has 2 N–H and O–H groups in total. The number of anilines is 2. The zero-order valence-corrected chi connectivity index (χ0v) is 12.7. The Balaban J connectivity index is 2.05. The highest BCUT2D eigenvalue weighted by atomic mass is 32.1. The maximum atomic E-state index is 14.4. The molecule has 0 fully saturated rings. The van der Waals surface area contributed by atoms with Gasteiger partial charge in [-0.2, -0.15) is 0 Å². The van der Waals surface area contributed by atoms with Gasteiger partial charge in [-0.05, 0) is 49.6 Å². The Hall–Kier alpha value is -1.94. The third-order valence-corrected chi connectivity index (χ3v) is 4.11. The third kappa shape index (κ3) is 2.63. The zero-order valence-electron chi connectivity index (χ0n) is 11.9. The maximum Gasteiger partial charge on any atom is 0.147 e. The molecule has 0 bridgehead atoms. The maximum absolute atomic E-state index is 14.4. The van der Waals surface area contributed by atoms with E-state index in [1.54, 1.807) is 12.1 Å². The van der Waals surface area contributed by atoms with Gasteiger partial charge in [0.1, 0.15) is 10.8 Å². The molecule has 2 nitrogen and oxygen atoms in total. The van der Waals surface area contributed by atoms with Gasteiger partial charge in [0.05, 0.1) is 5.69 Å². The zero-order chi connectivity index (χ0) is 15.0. The Morgan fingerprint density at radius 1 is 1.19 bits per heavy atom. The van der Waals surface area contributed by atoms with Crippen LogP contribution in [0.15, 0.2) is 36.4 Å². The number of nitrogens with zero attached hydrogens (tertiary/aromatic N) is 1. The Kier molecular flexibility index (Phi) is 3.64. The molecule has 2 aromatic rings. The molecule has 0 atom stereocenters. The molecule has 21 heavy (non-hydrogen) atoms. The summed E-state index contributed by atoms with van der Waals surface area (Å²) in [5.41, 5.74) is 10.3. The van der Waals surface area contributed by atoms with Gasteiger partial charge in [-0.3, -0.25) is 0 Å². The van der Waals surface area contributed by atoms with Crippen molar-refractivity contribution in [1.29, 1.82) is 0 Å². The highest BCUT2D eigenvalue weighted by Crippen LogP contribution is 2.35. The van der Waals surface area contributed by atoms with Crippen molar-refractivity contribution in [2.75, 3.05) is 11.4 Å². The van der Waals surface area contributed by atoms with Gasteiger partial charge in [0.25, 0.3) is 0 Å². The normalized spacial score (nSPS) is 13.9. The van der Waals surface area contributed by atoms with Gasteiger partial charge in [-0.1, -0.05) is 29.9 Å². The van der Waals surface area contributed by atoms with E-state index in [4.69, 9.17) is 18.0 Å². The van der Waals surface area contributed by atoms with Gasteiger partial charge in [0.2, 0.25) is 0 Å². The first kappa shape index (κ1) is 14.0. The highest BCUT2D eigenvalue weighted by molar-refractivity contribution is 7.80. The lowest BCUT2D eigenvalue weighted by atomic mass is 9.99. The average molecular weight is 300 g/mol. The van der Waals surface area contributed by atoms with E-state index in [0.29, 0.717) is 11.3 Å². The summed E-state index contributed by atoms with van der Waals surface area (Å²) in [5.74, 6) is -0.284. The molecular weight excluding hydrogens is 283 g/mol. The number of rotatable bonds is 2. The number of nitrogens with two attached hydrogens (primary N) is 1. The molecule has 0 aromatic heterocycles. The molecule has 1 heterocycles. The predicted molar refractivity (Wildman–Crippen MR) is 88.8 cm³/mol. The molecule has 1 aliphatic heterocycles. The van der Waals surface area contributed by atoms with Crippen molar-refractivity contribution in [3.05, 3.63) is 58.9 Å². The van der Waals surface area contributed by atoms with E-state index < -0.39 is 0 Å². The van der Waals surface area contributed by atoms with Crippen LogP contribution in [-0.4, -0.2) is 11.5 Å². The Bertz CT molecular complexity index is 712. The van der Waals surface area contributed by atoms with Gasteiger partial charge < -0.3 is 10.6 Å². The summed E-state index contributed by atoms with van der Waals surface area (Å²) >= 11 is 4.90. The number of hydrogen-bond acceptors (Lipinski definition) is 2. The molecule has 2 aromatic carbocycles. The Labute approximate surface area is 129 Å². The fraction of sp³-hybridized carbons (Fsp3) is 0.235. The third-order valence-electron chi connectivity index (χ3n) is 3.88. The minimum Gasteiger partial charge on any atom is -0.389 e. The van der Waals surface area contributed by atoms with Crippen LogP contribution in [0.5, 0.6) is 0 Å². The number of fused-ring (bicyclic) bond motifs is 1. The van der Waals surface area contributed by atoms with E-state index in [-0.39, 0.29) is 10.8 Å². The molecule has 0 spiro atoms. The predicted octanol–water partition coefficient (Wildman–Crippen LogP) is 3.85. The van der Waals surface area contributed by atoms with Crippen molar-refractivity contribution in [3.63, 3.8) is 0 Å². The second-order valence-electron chi connectivity index (χ2n) is 5.42. The smallest absolute Gasteiger partial charge is 0.147 e. The van der Waals surface area contributed by atoms with Crippen molar-refractivity contribution < 1.29 is 4.39 Å². The lowest BCUT2D eigenvalue weighted by molar-refractivity contribution is 0.620. The van der Waals surface area contributed by atoms with Crippen LogP contribution >= 0.6 is 12.2 Å². The lowest BCUT2D eigenvalue weighted by Crippen LogP contribution is -2.25. The Morgan fingerprint density at radius 3 is 2.67 bits per heavy atom. The summed E-state index contributed by atoms with van der Waals surface area (Å²) in [6.45, 7) is 2.90. The van der Waals surface area contributed by atoms with Gasteiger partial charge in [0.15, 0.2) is 0 Å². The molecule has 0 unspecified atom stereocenters. The van der Waals surface area contributed by atoms with Crippen molar-refractivity contribution in [2.45, 2.75) is 19.8 Å². The topological polar surface area (TPSA) is 29.3 Å². The van der Waals surface area contributed by atoms with E-state index in [9.17, 15) is 4.39 Å². The summed E-state index contributed by atoms with van der Waals surface area (Å²) in [6.07, 6.45) is 2.06. The lowest BCUT2D eigenvalue weighted by Gasteiger charge is -2.32. The molecule has 0 saturated heterocycles. The van der Waals surface area contributed by atoms with E-state index in [1.807, 2.05) is 4.90 Å². The molecular formula is C17H17FN2S. The quantitative estimate of drug-likeness (QED) is 0.854. The summed E-state index contributed by atoms with van der Waals surface area (Å²) < 4.78 is 14.4. The number of benzene rings is 2. The molecule has 4 heteroatoms. The van der Waals surface area contributed by atoms with Crippen LogP contribution in [0.3, 0.4) is 0 Å². The molecule has 0 aliphatic carbocycles. The molecule has 0 saturated carbocycles. The number of halogens is 1. The fourth-order valence-electron chi connectivity index (χ4n) is 2.86. The van der Waals surface area contributed by atoms with Crippen LogP contribution in [-0.2, 0) is 6.42 Å². The van der Waals surface area contributed by atoms with Gasteiger partial charge >= 0.3 is 0 Å². The van der Waals surface area contributed by atoms with E-state index in [0.717, 1.165) is 25.1 Å². The first-order valence-electron chi connectivity index (χ1n) is 7.02. The van der Waals surface area contributed by atoms with Gasteiger partial charge in [0, 0.05) is 17.8 Å². The van der Waals surface area contributed by atoms with E-state index in [2.05, 4.69) is 25.1 Å². The van der Waals surface area contributed by atoms with Crippen molar-refractivity contribution in [2.24, 2.45) is 5.73 Å². The summed E-state index contributed by atoms with van der Waals surface area (Å²) in [7, 11) is 0. The van der Waals surface area contributed by atoms with Crippen LogP contribution in [0.4, 0.5) is 15.8 Å². The molecule has 1 aliphatic rings. The SMILES string of the molecule is Cc1ccc2c(c1)CCCN2c1ccc(C(N)=S)cc1F. The first-order chi connectivity index (χ1) is 10.1. The van der Waals surface area contributed by atoms with Crippen LogP contribution < -0.4 is 10.6 Å². The standard InChI is InChI=1S/C17H17FN2S/c1-11-4-6-15-12(9-11)3-2-8-20(15)16-7-5-13(17(19)21)10-14(16)18/h4-7,9-10H,2-3,8H2,1H3,(H2,19,21). The van der Waals surface area contributed by atoms with Crippen LogP contribution in [0, 0.1) is 12.7 Å². The van der Waals surface area contributed by atoms with Crippen LogP contribution in [0.25, 0.3) is 0 Å². The molecule has 3 rings (SSSR count). The van der Waals surface area contributed by atoms with E-state index >= 15 is 0 Å². The van der Waals surface area contributed by atoms with E-state index in [1.165, 1.54) is 17.2 Å². The first-order valence-corrected chi connectivity index (χ1v) is 7.43. The van der Waals surface area contributed by atoms with Crippen molar-refractivity contribution in [1.82, 2.24) is 0 Å². The second-order valence-corrected chi connectivity index (χ2v) is 5.86. The molecule has 0 amide bonds. The average Bonchev–Trinajstić information content (AvgIpc) is 2.46. The van der Waals surface area contributed by atoms with Crippen LogP contribution in [0.2, 0.25) is 0 Å². The molecule has 108 valence electrons. The summed E-state index contributed by atoms with van der Waals surface area (Å²) in [4.78, 5) is 2.26. The number of thiocarbonyl (C=S) groups is 1. The monoisotopic (exact) mass is 300 g/mol. The summed E-state index contributed by atoms with van der Waals surface area (Å²) in [6, 6.07) is 11.3. The minimum absolute atomic E-state index is 0.218. The Morgan fingerprint density at radius 2 is 1.95 bits per heavy atom. The minimum atomic E-state index is -0.284. The second kappa shape index (κ2) is 5.45. The fourth-order valence-corrected chi connectivity index (χ4v) is 2.98.